The molecule has 0 aliphatic carbocycles. The third-order valence-electron chi connectivity index (χ3n) is 5.58. The maximum atomic E-state index is 13.4. The predicted molar refractivity (Wildman–Crippen MR) is 129 cm³/mol. The molecule has 0 fully saturated rings. The molecule has 182 valence electrons. The number of rotatable bonds is 9. The van der Waals surface area contributed by atoms with Crippen LogP contribution in [0.4, 0.5) is 0 Å². The van der Waals surface area contributed by atoms with E-state index in [1.165, 1.54) is 30.0 Å². The van der Waals surface area contributed by atoms with Crippen LogP contribution in [0.2, 0.25) is 10.0 Å². The molecular formula is C23H25Cl2N3O5S. The largest absolute Gasteiger partial charge is 0.354 e. The van der Waals surface area contributed by atoms with Gasteiger partial charge in [-0.1, -0.05) is 54.7 Å². The van der Waals surface area contributed by atoms with Gasteiger partial charge in [-0.15, -0.1) is 0 Å². The molecule has 1 N–H and O–H groups in total. The first-order chi connectivity index (χ1) is 16.1. The zero-order chi connectivity index (χ0) is 25.0. The molecular weight excluding hydrogens is 501 g/mol. The first-order valence-corrected chi connectivity index (χ1v) is 12.9. The van der Waals surface area contributed by atoms with Crippen molar-refractivity contribution in [3.8, 4) is 0 Å². The van der Waals surface area contributed by atoms with Gasteiger partial charge in [0.2, 0.25) is 11.8 Å². The van der Waals surface area contributed by atoms with Crippen molar-refractivity contribution in [3.05, 3.63) is 63.6 Å². The van der Waals surface area contributed by atoms with Crippen LogP contribution in [-0.4, -0.2) is 54.5 Å². The minimum atomic E-state index is -4.19. The molecule has 34 heavy (non-hydrogen) atoms. The highest BCUT2D eigenvalue weighted by molar-refractivity contribution is 7.90. The second kappa shape index (κ2) is 10.8. The molecule has 3 amide bonds. The molecule has 1 atom stereocenters. The van der Waals surface area contributed by atoms with E-state index in [1.54, 1.807) is 24.3 Å². The van der Waals surface area contributed by atoms with Crippen molar-refractivity contribution in [2.24, 2.45) is 0 Å². The van der Waals surface area contributed by atoms with E-state index in [9.17, 15) is 22.8 Å². The lowest BCUT2D eigenvalue weighted by molar-refractivity contribution is -0.140. The summed E-state index contributed by atoms with van der Waals surface area (Å²) in [6.45, 7) is 3.04. The SMILES string of the molecule is CCCCNC(=O)[C@H](C)N(Cc1c(Cl)cccc1Cl)C(=O)CN1C(=O)c2ccccc2S1(=O)=O. The molecule has 2 aromatic carbocycles. The molecule has 1 aliphatic heterocycles. The monoisotopic (exact) mass is 525 g/mol. The maximum Gasteiger partial charge on any atom is 0.269 e. The van der Waals surface area contributed by atoms with E-state index in [2.05, 4.69) is 5.32 Å². The van der Waals surface area contributed by atoms with Crippen LogP contribution in [0.5, 0.6) is 0 Å². The molecule has 2 aromatic rings. The Balaban J connectivity index is 1.90. The van der Waals surface area contributed by atoms with Crippen molar-refractivity contribution in [2.45, 2.75) is 44.2 Å². The van der Waals surface area contributed by atoms with E-state index < -0.39 is 40.3 Å². The lowest BCUT2D eigenvalue weighted by Gasteiger charge is -2.30. The summed E-state index contributed by atoms with van der Waals surface area (Å²) in [4.78, 5) is 39.9. The van der Waals surface area contributed by atoms with Gasteiger partial charge in [0.15, 0.2) is 0 Å². The Morgan fingerprint density at radius 1 is 1.09 bits per heavy atom. The summed E-state index contributed by atoms with van der Waals surface area (Å²) in [6, 6.07) is 9.64. The highest BCUT2D eigenvalue weighted by Crippen LogP contribution is 2.31. The van der Waals surface area contributed by atoms with Crippen LogP contribution in [0.1, 0.15) is 42.6 Å². The molecule has 0 spiro atoms. The lowest BCUT2D eigenvalue weighted by atomic mass is 10.1. The molecule has 0 radical (unpaired) electrons. The highest BCUT2D eigenvalue weighted by Gasteiger charge is 2.43. The van der Waals surface area contributed by atoms with Crippen LogP contribution < -0.4 is 5.32 Å². The van der Waals surface area contributed by atoms with Crippen LogP contribution in [0.3, 0.4) is 0 Å². The summed E-state index contributed by atoms with van der Waals surface area (Å²) < 4.78 is 26.4. The number of sulfonamides is 1. The van der Waals surface area contributed by atoms with E-state index >= 15 is 0 Å². The van der Waals surface area contributed by atoms with Gasteiger partial charge < -0.3 is 10.2 Å². The highest BCUT2D eigenvalue weighted by atomic mass is 35.5. The molecule has 0 bridgehead atoms. The molecule has 11 heteroatoms. The van der Waals surface area contributed by atoms with Gasteiger partial charge in [0, 0.05) is 28.7 Å². The van der Waals surface area contributed by atoms with Crippen molar-refractivity contribution in [2.75, 3.05) is 13.1 Å². The number of carbonyl (C=O) groups excluding carboxylic acids is 3. The normalized spacial score (nSPS) is 15.1. The first-order valence-electron chi connectivity index (χ1n) is 10.8. The van der Waals surface area contributed by atoms with Gasteiger partial charge in [0.1, 0.15) is 17.5 Å². The predicted octanol–water partition coefficient (Wildman–Crippen LogP) is 3.47. The summed E-state index contributed by atoms with van der Waals surface area (Å²) in [6.07, 6.45) is 1.64. The standard InChI is InChI=1S/C23H25Cl2N3O5S/c1-3-4-12-26-22(30)15(2)27(13-17-18(24)9-7-10-19(17)25)21(29)14-28-23(31)16-8-5-6-11-20(16)34(28,32)33/h5-11,15H,3-4,12-14H2,1-2H3,(H,26,30)/t15-/m0/s1. The Kier molecular flexibility index (Phi) is 8.22. The average molecular weight is 526 g/mol. The van der Waals surface area contributed by atoms with E-state index in [0.29, 0.717) is 26.5 Å². The quantitative estimate of drug-likeness (QED) is 0.504. The number of nitrogens with zero attached hydrogens (tertiary/aromatic N) is 2. The fourth-order valence-electron chi connectivity index (χ4n) is 3.57. The number of nitrogens with one attached hydrogen (secondary N) is 1. The fraction of sp³-hybridized carbons (Fsp3) is 0.348. The Labute approximate surface area is 208 Å². The fourth-order valence-corrected chi connectivity index (χ4v) is 5.61. The van der Waals surface area contributed by atoms with Crippen LogP contribution in [0, 0.1) is 0 Å². The Bertz CT molecular complexity index is 1200. The van der Waals surface area contributed by atoms with Gasteiger partial charge in [-0.3, -0.25) is 14.4 Å². The first kappa shape index (κ1) is 26.0. The zero-order valence-electron chi connectivity index (χ0n) is 18.8. The van der Waals surface area contributed by atoms with Gasteiger partial charge in [-0.05, 0) is 37.6 Å². The number of unbranched alkanes of at least 4 members (excludes halogenated alkanes) is 1. The Hall–Kier alpha value is -2.62. The summed E-state index contributed by atoms with van der Waals surface area (Å²) in [5.41, 5.74) is 0.410. The van der Waals surface area contributed by atoms with E-state index in [0.717, 1.165) is 12.8 Å². The van der Waals surface area contributed by atoms with E-state index in [1.807, 2.05) is 6.92 Å². The number of amides is 3. The van der Waals surface area contributed by atoms with Gasteiger partial charge in [-0.25, -0.2) is 12.7 Å². The summed E-state index contributed by atoms with van der Waals surface area (Å²) >= 11 is 12.6. The third-order valence-corrected chi connectivity index (χ3v) is 8.07. The van der Waals surface area contributed by atoms with E-state index in [4.69, 9.17) is 23.2 Å². The van der Waals surface area contributed by atoms with Crippen molar-refractivity contribution in [1.29, 1.82) is 0 Å². The number of hydrogen-bond acceptors (Lipinski definition) is 5. The second-order valence-electron chi connectivity index (χ2n) is 7.86. The molecule has 0 saturated heterocycles. The van der Waals surface area contributed by atoms with Gasteiger partial charge in [0.25, 0.3) is 15.9 Å². The Morgan fingerprint density at radius 3 is 2.35 bits per heavy atom. The zero-order valence-corrected chi connectivity index (χ0v) is 21.1. The molecule has 1 aliphatic rings. The van der Waals surface area contributed by atoms with Crippen molar-refractivity contribution in [1.82, 2.24) is 14.5 Å². The summed E-state index contributed by atoms with van der Waals surface area (Å²) in [5, 5.41) is 3.35. The smallest absolute Gasteiger partial charge is 0.269 e. The molecule has 0 saturated carbocycles. The Morgan fingerprint density at radius 2 is 1.74 bits per heavy atom. The lowest BCUT2D eigenvalue weighted by Crippen LogP contribution is -2.51. The van der Waals surface area contributed by atoms with Gasteiger partial charge >= 0.3 is 0 Å². The van der Waals surface area contributed by atoms with Crippen LogP contribution in [0.25, 0.3) is 0 Å². The number of halogens is 2. The minimum absolute atomic E-state index is 0.00126. The molecule has 0 unspecified atom stereocenters. The number of hydrogen-bond donors (Lipinski definition) is 1. The van der Waals surface area contributed by atoms with Crippen molar-refractivity contribution in [3.63, 3.8) is 0 Å². The molecule has 3 rings (SSSR count). The average Bonchev–Trinajstić information content (AvgIpc) is 2.99. The van der Waals surface area contributed by atoms with Crippen LogP contribution in [0.15, 0.2) is 47.4 Å². The number of benzene rings is 2. The van der Waals surface area contributed by atoms with Crippen LogP contribution >= 0.6 is 23.2 Å². The van der Waals surface area contributed by atoms with Crippen LogP contribution in [-0.2, 0) is 26.2 Å². The van der Waals surface area contributed by atoms with Gasteiger partial charge in [0.05, 0.1) is 5.56 Å². The maximum absolute atomic E-state index is 13.4. The summed E-state index contributed by atoms with van der Waals surface area (Å²) in [5.74, 6) is -1.94. The van der Waals surface area contributed by atoms with Crippen molar-refractivity contribution < 1.29 is 22.8 Å². The molecule has 0 aromatic heterocycles. The summed E-state index contributed by atoms with van der Waals surface area (Å²) in [7, 11) is -4.19. The number of carbonyl (C=O) groups is 3. The van der Waals surface area contributed by atoms with Gasteiger partial charge in [-0.2, -0.15) is 0 Å². The number of fused-ring (bicyclic) bond motifs is 1. The van der Waals surface area contributed by atoms with Crippen molar-refractivity contribution >= 4 is 50.9 Å². The molecule has 1 heterocycles. The third kappa shape index (κ3) is 5.21. The van der Waals surface area contributed by atoms with E-state index in [-0.39, 0.29) is 17.0 Å². The second-order valence-corrected chi connectivity index (χ2v) is 10.5. The minimum Gasteiger partial charge on any atom is -0.354 e. The topological polar surface area (TPSA) is 104 Å². The molecule has 8 nitrogen and oxygen atoms in total.